The highest BCUT2D eigenvalue weighted by Gasteiger charge is 2.28. The summed E-state index contributed by atoms with van der Waals surface area (Å²) < 4.78 is 14.8. The fourth-order valence-electron chi connectivity index (χ4n) is 4.80. The lowest BCUT2D eigenvalue weighted by Gasteiger charge is -2.33. The second-order valence-electron chi connectivity index (χ2n) is 10.3. The zero-order valence-electron chi connectivity index (χ0n) is 21.0. The van der Waals surface area contributed by atoms with Gasteiger partial charge in [-0.1, -0.05) is 0 Å². The van der Waals surface area contributed by atoms with E-state index in [9.17, 15) is 4.79 Å². The summed E-state index contributed by atoms with van der Waals surface area (Å²) >= 11 is 1.63. The number of nitrogen functional groups attached to an aromatic ring is 1. The van der Waals surface area contributed by atoms with E-state index < -0.39 is 5.60 Å². The van der Waals surface area contributed by atoms with Crippen LogP contribution in [0.15, 0.2) is 52.9 Å². The maximum Gasteiger partial charge on any atom is 0.410 e. The number of carbonyl (C=O) groups is 1. The highest BCUT2D eigenvalue weighted by Crippen LogP contribution is 2.40. The van der Waals surface area contributed by atoms with Gasteiger partial charge in [0.15, 0.2) is 11.4 Å². The average molecular weight is 517 g/mol. The number of anilines is 1. The number of nitrogens with zero attached hydrogens (tertiary/aromatic N) is 5. The predicted octanol–water partition coefficient (Wildman–Crippen LogP) is 6.12. The molecule has 0 aromatic carbocycles. The van der Waals surface area contributed by atoms with Crippen LogP contribution in [0.25, 0.3) is 43.5 Å². The molecule has 0 radical (unpaired) electrons. The molecule has 1 aliphatic heterocycles. The highest BCUT2D eigenvalue weighted by atomic mass is 32.1. The molecule has 5 aromatic rings. The predicted molar refractivity (Wildman–Crippen MR) is 144 cm³/mol. The number of thiophene rings is 1. The van der Waals surface area contributed by atoms with E-state index in [2.05, 4.69) is 20.4 Å². The lowest BCUT2D eigenvalue weighted by molar-refractivity contribution is 0.0185. The quantitative estimate of drug-likeness (QED) is 0.307. The van der Waals surface area contributed by atoms with E-state index in [0.29, 0.717) is 24.5 Å². The van der Waals surface area contributed by atoms with Crippen molar-refractivity contribution in [1.82, 2.24) is 24.6 Å². The normalized spacial score (nSPS) is 15.1. The fourth-order valence-corrected chi connectivity index (χ4v) is 5.71. The van der Waals surface area contributed by atoms with Gasteiger partial charge in [0.05, 0.1) is 16.9 Å². The molecule has 0 bridgehead atoms. The monoisotopic (exact) mass is 516 g/mol. The molecule has 0 unspecified atom stereocenters. The molecule has 0 atom stereocenters. The van der Waals surface area contributed by atoms with Gasteiger partial charge >= 0.3 is 6.09 Å². The number of hydrogen-bond acceptors (Lipinski definition) is 8. The molecule has 6 heterocycles. The van der Waals surface area contributed by atoms with Gasteiger partial charge in [-0.2, -0.15) is 5.10 Å². The molecule has 1 saturated heterocycles. The molecular formula is C27H28N6O3S. The van der Waals surface area contributed by atoms with Gasteiger partial charge in [0.1, 0.15) is 11.4 Å². The molecule has 0 spiro atoms. The summed E-state index contributed by atoms with van der Waals surface area (Å²) in [6.07, 6.45) is 10.7. The number of carbonyl (C=O) groups excluding carboxylic acids is 1. The summed E-state index contributed by atoms with van der Waals surface area (Å²) in [6.45, 7) is 6.92. The van der Waals surface area contributed by atoms with Crippen LogP contribution < -0.4 is 5.73 Å². The molecule has 5 aromatic heterocycles. The van der Waals surface area contributed by atoms with Crippen molar-refractivity contribution in [2.75, 3.05) is 18.8 Å². The van der Waals surface area contributed by atoms with Crippen LogP contribution in [0.4, 0.5) is 10.6 Å². The van der Waals surface area contributed by atoms with Crippen LogP contribution in [0.1, 0.15) is 39.7 Å². The maximum absolute atomic E-state index is 12.4. The number of hydrogen-bond donors (Lipinski definition) is 1. The van der Waals surface area contributed by atoms with Crippen LogP contribution in [0.5, 0.6) is 0 Å². The number of amides is 1. The summed E-state index contributed by atoms with van der Waals surface area (Å²) in [5, 5.41) is 8.73. The zero-order valence-corrected chi connectivity index (χ0v) is 21.8. The van der Waals surface area contributed by atoms with Crippen molar-refractivity contribution in [3.05, 3.63) is 48.5 Å². The van der Waals surface area contributed by atoms with E-state index in [1.807, 2.05) is 56.2 Å². The largest absolute Gasteiger partial charge is 0.452 e. The summed E-state index contributed by atoms with van der Waals surface area (Å²) in [5.41, 5.74) is 9.15. The minimum absolute atomic E-state index is 0.204. The fraction of sp³-hybridized carbons (Fsp3) is 0.333. The number of aromatic nitrogens is 4. The van der Waals surface area contributed by atoms with Crippen molar-refractivity contribution in [2.45, 2.75) is 45.3 Å². The van der Waals surface area contributed by atoms with Gasteiger partial charge in [0.2, 0.25) is 0 Å². The summed E-state index contributed by atoms with van der Waals surface area (Å²) in [6, 6.07) is 4.23. The Labute approximate surface area is 217 Å². The number of nitrogens with two attached hydrogens (primary N) is 1. The maximum atomic E-state index is 12.4. The zero-order chi connectivity index (χ0) is 25.7. The molecule has 1 aliphatic rings. The number of pyridine rings is 2. The van der Waals surface area contributed by atoms with Crippen LogP contribution >= 0.6 is 11.3 Å². The van der Waals surface area contributed by atoms with Gasteiger partial charge < -0.3 is 19.8 Å². The summed E-state index contributed by atoms with van der Waals surface area (Å²) in [4.78, 5) is 22.8. The summed E-state index contributed by atoms with van der Waals surface area (Å²) in [7, 11) is 0. The molecule has 10 heteroatoms. The molecule has 2 N–H and O–H groups in total. The Bertz CT molecular complexity index is 1600. The Balaban J connectivity index is 1.26. The van der Waals surface area contributed by atoms with Gasteiger partial charge in [-0.25, -0.2) is 9.78 Å². The van der Waals surface area contributed by atoms with E-state index in [1.54, 1.807) is 28.6 Å². The minimum Gasteiger partial charge on any atom is -0.452 e. The first-order chi connectivity index (χ1) is 17.8. The van der Waals surface area contributed by atoms with Crippen molar-refractivity contribution >= 4 is 44.3 Å². The number of ether oxygens (including phenoxy) is 1. The molecule has 1 amide bonds. The number of rotatable bonds is 3. The molecule has 1 fully saturated rings. The van der Waals surface area contributed by atoms with Crippen LogP contribution in [0.3, 0.4) is 0 Å². The highest BCUT2D eigenvalue weighted by molar-refractivity contribution is 7.17. The van der Waals surface area contributed by atoms with Gasteiger partial charge in [0, 0.05) is 70.7 Å². The van der Waals surface area contributed by atoms with Crippen LogP contribution in [0.2, 0.25) is 0 Å². The molecule has 0 aliphatic carbocycles. The molecule has 6 rings (SSSR count). The number of furan rings is 1. The lowest BCUT2D eigenvalue weighted by Crippen LogP contribution is -2.42. The van der Waals surface area contributed by atoms with Gasteiger partial charge in [-0.05, 0) is 45.7 Å². The number of likely N-dealkylation sites (tertiary alicyclic amines) is 1. The standard InChI is InChI=1S/C27H28N6O3S/c1-27(2,3)36-26(34)32-8-5-17(6-9-32)33-14-16(11-31-33)20-12-30-25(28)24-19(20)10-22(35-24)21-15-37-23-13-29-7-4-18(21)23/h4,7,10-15,17H,5-6,8-9H2,1-3H3,(H2,28,30). The Morgan fingerprint density at radius 3 is 2.76 bits per heavy atom. The third kappa shape index (κ3) is 4.42. The van der Waals surface area contributed by atoms with Crippen LogP contribution in [-0.4, -0.2) is 49.4 Å². The Morgan fingerprint density at radius 2 is 1.97 bits per heavy atom. The van der Waals surface area contributed by atoms with Crippen molar-refractivity contribution in [3.63, 3.8) is 0 Å². The SMILES string of the molecule is CC(C)(C)OC(=O)N1CCC(n2cc(-c3cnc(N)c4oc(-c5csc6cnccc56)cc34)cn2)CC1. The van der Waals surface area contributed by atoms with Crippen molar-refractivity contribution < 1.29 is 13.9 Å². The van der Waals surface area contributed by atoms with Gasteiger partial charge in [-0.15, -0.1) is 11.3 Å². The molecule has 190 valence electrons. The van der Waals surface area contributed by atoms with Crippen LogP contribution in [-0.2, 0) is 4.74 Å². The number of piperidine rings is 1. The Morgan fingerprint density at radius 1 is 1.16 bits per heavy atom. The first kappa shape index (κ1) is 23.5. The second-order valence-corrected chi connectivity index (χ2v) is 11.3. The van der Waals surface area contributed by atoms with Gasteiger partial charge in [0.25, 0.3) is 0 Å². The van der Waals surface area contributed by atoms with E-state index in [0.717, 1.165) is 50.8 Å². The first-order valence-electron chi connectivity index (χ1n) is 12.3. The Hall–Kier alpha value is -3.92. The van der Waals surface area contributed by atoms with Crippen LogP contribution in [0, 0.1) is 0 Å². The summed E-state index contributed by atoms with van der Waals surface area (Å²) in [5.74, 6) is 1.10. The molecular weight excluding hydrogens is 488 g/mol. The molecule has 37 heavy (non-hydrogen) atoms. The third-order valence-electron chi connectivity index (χ3n) is 6.63. The smallest absolute Gasteiger partial charge is 0.410 e. The first-order valence-corrected chi connectivity index (χ1v) is 13.2. The number of fused-ring (bicyclic) bond motifs is 2. The van der Waals surface area contributed by atoms with E-state index >= 15 is 0 Å². The van der Waals surface area contributed by atoms with Crippen molar-refractivity contribution in [1.29, 1.82) is 0 Å². The average Bonchev–Trinajstić information content (AvgIpc) is 3.62. The second kappa shape index (κ2) is 8.88. The minimum atomic E-state index is -0.496. The molecule has 9 nitrogen and oxygen atoms in total. The molecule has 0 saturated carbocycles. The lowest BCUT2D eigenvalue weighted by atomic mass is 10.0. The van der Waals surface area contributed by atoms with E-state index in [-0.39, 0.29) is 12.1 Å². The Kier molecular flexibility index (Phi) is 5.63. The van der Waals surface area contributed by atoms with Crippen molar-refractivity contribution in [2.24, 2.45) is 0 Å². The third-order valence-corrected chi connectivity index (χ3v) is 7.57. The topological polar surface area (TPSA) is 112 Å². The van der Waals surface area contributed by atoms with Gasteiger partial charge in [-0.3, -0.25) is 9.67 Å². The van der Waals surface area contributed by atoms with Crippen molar-refractivity contribution in [3.8, 4) is 22.5 Å². The van der Waals surface area contributed by atoms with E-state index in [1.165, 1.54) is 0 Å². The van der Waals surface area contributed by atoms with E-state index in [4.69, 9.17) is 14.9 Å².